The minimum absolute atomic E-state index is 0.194. The number of hydrogen-bond acceptors (Lipinski definition) is 2. The Balaban J connectivity index is 1.80. The quantitative estimate of drug-likeness (QED) is 0.845. The lowest BCUT2D eigenvalue weighted by molar-refractivity contribution is 0.553. The van der Waals surface area contributed by atoms with E-state index in [1.54, 1.807) is 6.07 Å². The summed E-state index contributed by atoms with van der Waals surface area (Å²) in [6.45, 7) is 4.09. The first-order valence-corrected chi connectivity index (χ1v) is 6.17. The van der Waals surface area contributed by atoms with E-state index in [2.05, 4.69) is 10.4 Å². The summed E-state index contributed by atoms with van der Waals surface area (Å²) in [5.41, 5.74) is 1.91. The van der Waals surface area contributed by atoms with Crippen LogP contribution < -0.4 is 5.32 Å². The van der Waals surface area contributed by atoms with Gasteiger partial charge in [-0.25, -0.2) is 4.39 Å². The van der Waals surface area contributed by atoms with Crippen molar-refractivity contribution in [1.29, 1.82) is 0 Å². The smallest absolute Gasteiger partial charge is 0.142 e. The summed E-state index contributed by atoms with van der Waals surface area (Å²) in [5, 5.41) is 7.59. The number of aryl methyl sites for hydroxylation is 1. The topological polar surface area (TPSA) is 29.9 Å². The summed E-state index contributed by atoms with van der Waals surface area (Å²) in [6.07, 6.45) is 3.81. The van der Waals surface area contributed by atoms with Crippen molar-refractivity contribution < 1.29 is 4.39 Å². The van der Waals surface area contributed by atoms with Crippen molar-refractivity contribution in [2.24, 2.45) is 0 Å². The molecule has 0 atom stereocenters. The minimum Gasteiger partial charge on any atom is -0.311 e. The molecule has 0 radical (unpaired) electrons. The first-order chi connectivity index (χ1) is 8.66. The predicted molar refractivity (Wildman–Crippen MR) is 70.1 cm³/mol. The molecule has 0 spiro atoms. The van der Waals surface area contributed by atoms with Crippen LogP contribution in [-0.2, 0) is 13.1 Å². The molecule has 3 nitrogen and oxygen atoms in total. The van der Waals surface area contributed by atoms with Gasteiger partial charge in [0.25, 0.3) is 0 Å². The Morgan fingerprint density at radius 2 is 2.28 bits per heavy atom. The SMILES string of the molecule is Cc1cnn(CCNCc2cccc(F)c2Cl)c1. The average molecular weight is 268 g/mol. The van der Waals surface area contributed by atoms with Crippen molar-refractivity contribution in [3.63, 3.8) is 0 Å². The van der Waals surface area contributed by atoms with E-state index in [1.165, 1.54) is 6.07 Å². The third kappa shape index (κ3) is 3.31. The summed E-state index contributed by atoms with van der Waals surface area (Å²) in [7, 11) is 0. The molecule has 2 rings (SSSR count). The Kier molecular flexibility index (Phi) is 4.33. The highest BCUT2D eigenvalue weighted by atomic mass is 35.5. The largest absolute Gasteiger partial charge is 0.311 e. The fraction of sp³-hybridized carbons (Fsp3) is 0.308. The van der Waals surface area contributed by atoms with Gasteiger partial charge in [0.15, 0.2) is 0 Å². The van der Waals surface area contributed by atoms with Crippen LogP contribution in [0, 0.1) is 12.7 Å². The number of hydrogen-bond donors (Lipinski definition) is 1. The zero-order valence-electron chi connectivity index (χ0n) is 10.2. The lowest BCUT2D eigenvalue weighted by Gasteiger charge is -2.07. The van der Waals surface area contributed by atoms with Gasteiger partial charge < -0.3 is 5.32 Å². The molecule has 5 heteroatoms. The summed E-state index contributed by atoms with van der Waals surface area (Å²) in [5.74, 6) is -0.376. The Hall–Kier alpha value is -1.39. The van der Waals surface area contributed by atoms with Gasteiger partial charge in [-0.1, -0.05) is 23.7 Å². The molecule has 0 saturated carbocycles. The molecular formula is C13H15ClFN3. The average Bonchev–Trinajstić information content (AvgIpc) is 2.76. The molecule has 1 aromatic heterocycles. The molecular weight excluding hydrogens is 253 g/mol. The maximum absolute atomic E-state index is 13.2. The molecule has 18 heavy (non-hydrogen) atoms. The molecule has 96 valence electrons. The van der Waals surface area contributed by atoms with Crippen molar-refractivity contribution >= 4 is 11.6 Å². The van der Waals surface area contributed by atoms with Gasteiger partial charge in [0, 0.05) is 19.3 Å². The molecule has 0 saturated heterocycles. The highest BCUT2D eigenvalue weighted by molar-refractivity contribution is 6.31. The first-order valence-electron chi connectivity index (χ1n) is 5.79. The second kappa shape index (κ2) is 5.98. The molecule has 1 heterocycles. The fourth-order valence-corrected chi connectivity index (χ4v) is 1.88. The Morgan fingerprint density at radius 3 is 3.00 bits per heavy atom. The number of nitrogens with zero attached hydrogens (tertiary/aromatic N) is 2. The van der Waals surface area contributed by atoms with Crippen LogP contribution in [-0.4, -0.2) is 16.3 Å². The Labute approximate surface area is 111 Å². The van der Waals surface area contributed by atoms with Crippen LogP contribution >= 0.6 is 11.6 Å². The zero-order valence-corrected chi connectivity index (χ0v) is 10.9. The molecule has 0 aliphatic heterocycles. The number of halogens is 2. The number of rotatable bonds is 5. The lowest BCUT2D eigenvalue weighted by Crippen LogP contribution is -2.20. The van der Waals surface area contributed by atoms with E-state index in [-0.39, 0.29) is 10.8 Å². The van der Waals surface area contributed by atoms with Crippen LogP contribution in [0.25, 0.3) is 0 Å². The van der Waals surface area contributed by atoms with Crippen molar-refractivity contribution in [2.75, 3.05) is 6.54 Å². The van der Waals surface area contributed by atoms with Gasteiger partial charge in [-0.2, -0.15) is 5.10 Å². The maximum atomic E-state index is 13.2. The van der Waals surface area contributed by atoms with Crippen LogP contribution in [0.2, 0.25) is 5.02 Å². The van der Waals surface area contributed by atoms with Crippen LogP contribution in [0.3, 0.4) is 0 Å². The van der Waals surface area contributed by atoms with Crippen molar-refractivity contribution in [3.05, 3.63) is 52.6 Å². The predicted octanol–water partition coefficient (Wildman–Crippen LogP) is 2.77. The number of nitrogens with one attached hydrogen (secondary N) is 1. The molecule has 0 amide bonds. The monoisotopic (exact) mass is 267 g/mol. The standard InChI is InChI=1S/C13H15ClFN3/c1-10-7-17-18(9-10)6-5-16-8-11-3-2-4-12(15)13(11)14/h2-4,7,9,16H,5-6,8H2,1H3. The van der Waals surface area contributed by atoms with E-state index in [4.69, 9.17) is 11.6 Å². The molecule has 0 unspecified atom stereocenters. The molecule has 1 aromatic carbocycles. The van der Waals surface area contributed by atoms with Crippen LogP contribution in [0.5, 0.6) is 0 Å². The van der Waals surface area contributed by atoms with Crippen molar-refractivity contribution in [3.8, 4) is 0 Å². The molecule has 0 aliphatic carbocycles. The van der Waals surface area contributed by atoms with E-state index in [0.29, 0.717) is 6.54 Å². The Bertz CT molecular complexity index is 525. The first kappa shape index (κ1) is 13.1. The summed E-state index contributed by atoms with van der Waals surface area (Å²) in [4.78, 5) is 0. The summed E-state index contributed by atoms with van der Waals surface area (Å²) < 4.78 is 15.1. The Morgan fingerprint density at radius 1 is 1.44 bits per heavy atom. The molecule has 2 aromatic rings. The third-order valence-electron chi connectivity index (χ3n) is 2.63. The third-order valence-corrected chi connectivity index (χ3v) is 3.05. The van der Waals surface area contributed by atoms with E-state index in [0.717, 1.165) is 24.2 Å². The van der Waals surface area contributed by atoms with Gasteiger partial charge in [0.05, 0.1) is 17.8 Å². The van der Waals surface area contributed by atoms with E-state index < -0.39 is 0 Å². The van der Waals surface area contributed by atoms with Gasteiger partial charge in [0.1, 0.15) is 5.82 Å². The molecule has 0 aliphatic rings. The van der Waals surface area contributed by atoms with E-state index in [1.807, 2.05) is 30.1 Å². The zero-order chi connectivity index (χ0) is 13.0. The molecule has 0 bridgehead atoms. The van der Waals surface area contributed by atoms with Gasteiger partial charge in [-0.15, -0.1) is 0 Å². The highest BCUT2D eigenvalue weighted by Gasteiger charge is 2.04. The van der Waals surface area contributed by atoms with Crippen molar-refractivity contribution in [1.82, 2.24) is 15.1 Å². The molecule has 1 N–H and O–H groups in total. The second-order valence-corrected chi connectivity index (χ2v) is 4.55. The molecule has 0 fully saturated rings. The summed E-state index contributed by atoms with van der Waals surface area (Å²) in [6, 6.07) is 4.84. The second-order valence-electron chi connectivity index (χ2n) is 4.17. The van der Waals surface area contributed by atoms with Gasteiger partial charge in [-0.3, -0.25) is 4.68 Å². The fourth-order valence-electron chi connectivity index (χ4n) is 1.69. The number of benzene rings is 1. The van der Waals surface area contributed by atoms with Crippen LogP contribution in [0.1, 0.15) is 11.1 Å². The van der Waals surface area contributed by atoms with E-state index >= 15 is 0 Å². The lowest BCUT2D eigenvalue weighted by atomic mass is 10.2. The number of aromatic nitrogens is 2. The van der Waals surface area contributed by atoms with Crippen molar-refractivity contribution in [2.45, 2.75) is 20.0 Å². The maximum Gasteiger partial charge on any atom is 0.142 e. The highest BCUT2D eigenvalue weighted by Crippen LogP contribution is 2.19. The van der Waals surface area contributed by atoms with Crippen LogP contribution in [0.4, 0.5) is 4.39 Å². The van der Waals surface area contributed by atoms with Crippen LogP contribution in [0.15, 0.2) is 30.6 Å². The minimum atomic E-state index is -0.376. The van der Waals surface area contributed by atoms with Gasteiger partial charge in [-0.05, 0) is 24.1 Å². The summed E-state index contributed by atoms with van der Waals surface area (Å²) >= 11 is 5.86. The van der Waals surface area contributed by atoms with E-state index in [9.17, 15) is 4.39 Å². The van der Waals surface area contributed by atoms with Gasteiger partial charge >= 0.3 is 0 Å². The van der Waals surface area contributed by atoms with Gasteiger partial charge in [0.2, 0.25) is 0 Å². The normalized spacial score (nSPS) is 10.8.